The van der Waals surface area contributed by atoms with E-state index in [1.165, 1.54) is 18.4 Å². The molecule has 1 aromatic carbocycles. The molecule has 0 aliphatic rings. The number of benzene rings is 1. The van der Waals surface area contributed by atoms with E-state index in [4.69, 9.17) is 0 Å². The number of hydrogen-bond donors (Lipinski definition) is 0. The smallest absolute Gasteiger partial charge is 0.408 e. The summed E-state index contributed by atoms with van der Waals surface area (Å²) < 4.78 is 42.8. The molecule has 0 amide bonds. The first kappa shape index (κ1) is 19.3. The Kier molecular flexibility index (Phi) is 5.75. The summed E-state index contributed by atoms with van der Waals surface area (Å²) in [5.41, 5.74) is 1.95. The summed E-state index contributed by atoms with van der Waals surface area (Å²) in [7, 11) is 1.31. The molecule has 0 radical (unpaired) electrons. The molecule has 0 saturated heterocycles. The molecule has 27 heavy (non-hydrogen) atoms. The van der Waals surface area contributed by atoms with Crippen LogP contribution in [0.4, 0.5) is 13.2 Å². The van der Waals surface area contributed by atoms with Gasteiger partial charge in [-0.2, -0.15) is 13.2 Å². The van der Waals surface area contributed by atoms with Crippen molar-refractivity contribution in [3.8, 4) is 10.6 Å². The Hall–Kier alpha value is -2.47. The highest BCUT2D eigenvalue weighted by Crippen LogP contribution is 2.28. The van der Waals surface area contributed by atoms with Gasteiger partial charge in [0, 0.05) is 16.7 Å². The first-order chi connectivity index (χ1) is 12.9. The van der Waals surface area contributed by atoms with Crippen LogP contribution in [0, 0.1) is 0 Å². The average Bonchev–Trinajstić information content (AvgIpc) is 3.27. The lowest BCUT2D eigenvalue weighted by Gasteiger charge is -2.06. The van der Waals surface area contributed by atoms with Gasteiger partial charge in [-0.1, -0.05) is 23.9 Å². The molecule has 0 N–H and O–H groups in total. The van der Waals surface area contributed by atoms with Crippen LogP contribution in [0.25, 0.3) is 10.6 Å². The molecule has 0 fully saturated rings. The van der Waals surface area contributed by atoms with E-state index in [2.05, 4.69) is 25.2 Å². The van der Waals surface area contributed by atoms with Crippen LogP contribution in [-0.2, 0) is 17.0 Å². The van der Waals surface area contributed by atoms with Crippen LogP contribution in [0.5, 0.6) is 0 Å². The molecule has 0 aliphatic heterocycles. The lowest BCUT2D eigenvalue weighted by Crippen LogP contribution is -2.19. The summed E-state index contributed by atoms with van der Waals surface area (Å²) in [6.45, 7) is -1.24. The van der Waals surface area contributed by atoms with Crippen molar-refractivity contribution in [2.45, 2.75) is 23.6 Å². The van der Waals surface area contributed by atoms with Crippen molar-refractivity contribution < 1.29 is 22.7 Å². The van der Waals surface area contributed by atoms with Crippen molar-refractivity contribution in [3.63, 3.8) is 0 Å². The molecular weight excluding hydrogens is 403 g/mol. The van der Waals surface area contributed by atoms with Gasteiger partial charge in [0.15, 0.2) is 0 Å². The predicted molar refractivity (Wildman–Crippen MR) is 92.3 cm³/mol. The number of hydrogen-bond acceptors (Lipinski definition) is 8. The second-order valence-electron chi connectivity index (χ2n) is 5.24. The SMILES string of the molecule is COC(=O)c1ccc(-c2nc(CSc3nnnn3CC(F)(F)F)cs2)cc1. The maximum atomic E-state index is 12.5. The van der Waals surface area contributed by atoms with E-state index < -0.39 is 18.7 Å². The van der Waals surface area contributed by atoms with E-state index in [1.54, 1.807) is 24.3 Å². The van der Waals surface area contributed by atoms with Crippen LogP contribution in [0.1, 0.15) is 16.1 Å². The van der Waals surface area contributed by atoms with Crippen molar-refractivity contribution in [2.24, 2.45) is 0 Å². The zero-order chi connectivity index (χ0) is 19.4. The number of nitrogens with zero attached hydrogens (tertiary/aromatic N) is 5. The number of ether oxygens (including phenoxy) is 1. The maximum Gasteiger partial charge on any atom is 0.408 e. The number of aromatic nitrogens is 5. The largest absolute Gasteiger partial charge is 0.465 e. The standard InChI is InChI=1S/C15H12F3N5O2S2/c1-25-13(24)10-4-2-9(3-5-10)12-19-11(6-26-12)7-27-14-20-21-22-23(14)8-15(16,17)18/h2-6H,7-8H2,1H3. The zero-order valence-corrected chi connectivity index (χ0v) is 15.4. The van der Waals surface area contributed by atoms with Gasteiger partial charge in [0.05, 0.1) is 18.4 Å². The number of thioether (sulfide) groups is 1. The topological polar surface area (TPSA) is 82.8 Å². The Labute approximate surface area is 159 Å². The second kappa shape index (κ2) is 8.05. The van der Waals surface area contributed by atoms with Crippen molar-refractivity contribution in [3.05, 3.63) is 40.9 Å². The molecule has 2 heterocycles. The van der Waals surface area contributed by atoms with Gasteiger partial charge in [0.25, 0.3) is 0 Å². The van der Waals surface area contributed by atoms with Crippen LogP contribution in [0.2, 0.25) is 0 Å². The molecule has 0 unspecified atom stereocenters. The Morgan fingerprint density at radius 3 is 2.70 bits per heavy atom. The number of rotatable bonds is 6. The van der Waals surface area contributed by atoms with Gasteiger partial charge < -0.3 is 4.74 Å². The number of methoxy groups -OCH3 is 1. The number of tetrazole rings is 1. The zero-order valence-electron chi connectivity index (χ0n) is 13.8. The summed E-state index contributed by atoms with van der Waals surface area (Å²) in [5.74, 6) is -0.0935. The summed E-state index contributed by atoms with van der Waals surface area (Å²) in [6.07, 6.45) is -4.39. The third kappa shape index (κ3) is 5.04. The van der Waals surface area contributed by atoms with Gasteiger partial charge in [-0.15, -0.1) is 16.4 Å². The van der Waals surface area contributed by atoms with Crippen LogP contribution < -0.4 is 0 Å². The Balaban J connectivity index is 1.65. The molecule has 2 aromatic heterocycles. The quantitative estimate of drug-likeness (QED) is 0.450. The molecular formula is C15H12F3N5O2S2. The molecule has 0 atom stereocenters. The minimum atomic E-state index is -4.39. The van der Waals surface area contributed by atoms with Gasteiger partial charge in [0.1, 0.15) is 11.6 Å². The molecule has 12 heteroatoms. The Morgan fingerprint density at radius 1 is 1.30 bits per heavy atom. The second-order valence-corrected chi connectivity index (χ2v) is 7.04. The fraction of sp³-hybridized carbons (Fsp3) is 0.267. The minimum absolute atomic E-state index is 0.0734. The van der Waals surface area contributed by atoms with Crippen LogP contribution in [-0.4, -0.2) is 44.4 Å². The monoisotopic (exact) mass is 415 g/mol. The highest BCUT2D eigenvalue weighted by molar-refractivity contribution is 7.98. The van der Waals surface area contributed by atoms with E-state index in [9.17, 15) is 18.0 Å². The van der Waals surface area contributed by atoms with E-state index in [-0.39, 0.29) is 5.16 Å². The summed E-state index contributed by atoms with van der Waals surface area (Å²) in [4.78, 5) is 15.9. The van der Waals surface area contributed by atoms with E-state index in [1.807, 2.05) is 5.38 Å². The van der Waals surface area contributed by atoms with Gasteiger partial charge in [-0.3, -0.25) is 0 Å². The third-order valence-corrected chi connectivity index (χ3v) is 5.21. The van der Waals surface area contributed by atoms with Crippen LogP contribution >= 0.6 is 23.1 Å². The van der Waals surface area contributed by atoms with E-state index in [0.29, 0.717) is 21.7 Å². The molecule has 142 valence electrons. The van der Waals surface area contributed by atoms with Gasteiger partial charge in [-0.25, -0.2) is 14.5 Å². The van der Waals surface area contributed by atoms with Crippen molar-refractivity contribution in [1.82, 2.24) is 25.2 Å². The number of carbonyl (C=O) groups is 1. The lowest BCUT2D eigenvalue weighted by atomic mass is 10.1. The predicted octanol–water partition coefficient (Wildman–Crippen LogP) is 3.44. The molecule has 7 nitrogen and oxygen atoms in total. The highest BCUT2D eigenvalue weighted by atomic mass is 32.2. The van der Waals surface area contributed by atoms with E-state index in [0.717, 1.165) is 22.3 Å². The average molecular weight is 415 g/mol. The Morgan fingerprint density at radius 2 is 2.04 bits per heavy atom. The van der Waals surface area contributed by atoms with Crippen molar-refractivity contribution >= 4 is 29.1 Å². The minimum Gasteiger partial charge on any atom is -0.465 e. The van der Waals surface area contributed by atoms with Gasteiger partial charge in [0.2, 0.25) is 5.16 Å². The number of alkyl halides is 3. The molecule has 0 saturated carbocycles. The fourth-order valence-electron chi connectivity index (χ4n) is 2.08. The number of esters is 1. The fourth-order valence-corrected chi connectivity index (χ4v) is 3.78. The molecule has 3 aromatic rings. The summed E-state index contributed by atoms with van der Waals surface area (Å²) in [6, 6.07) is 6.79. The Bertz CT molecular complexity index is 924. The molecule has 0 spiro atoms. The normalized spacial score (nSPS) is 11.6. The first-order valence-electron chi connectivity index (χ1n) is 7.44. The van der Waals surface area contributed by atoms with Gasteiger partial charge >= 0.3 is 12.1 Å². The molecule has 0 aliphatic carbocycles. The lowest BCUT2D eigenvalue weighted by molar-refractivity contribution is -0.144. The number of thiazole rings is 1. The van der Waals surface area contributed by atoms with Crippen molar-refractivity contribution in [1.29, 1.82) is 0 Å². The molecule has 3 rings (SSSR count). The number of halogens is 3. The first-order valence-corrected chi connectivity index (χ1v) is 9.31. The van der Waals surface area contributed by atoms with Crippen LogP contribution in [0.15, 0.2) is 34.8 Å². The third-order valence-electron chi connectivity index (χ3n) is 3.28. The van der Waals surface area contributed by atoms with Gasteiger partial charge in [-0.05, 0) is 22.6 Å². The van der Waals surface area contributed by atoms with Crippen LogP contribution in [0.3, 0.4) is 0 Å². The molecule has 0 bridgehead atoms. The van der Waals surface area contributed by atoms with Crippen molar-refractivity contribution in [2.75, 3.05) is 7.11 Å². The summed E-state index contributed by atoms with van der Waals surface area (Å²) >= 11 is 2.47. The van der Waals surface area contributed by atoms with E-state index >= 15 is 0 Å². The highest BCUT2D eigenvalue weighted by Gasteiger charge is 2.30. The maximum absolute atomic E-state index is 12.5. The summed E-state index contributed by atoms with van der Waals surface area (Å²) in [5, 5.41) is 12.9. The number of carbonyl (C=O) groups excluding carboxylic acids is 1.